The maximum absolute atomic E-state index is 11.5. The van der Waals surface area contributed by atoms with E-state index >= 15 is 0 Å². The van der Waals surface area contributed by atoms with E-state index in [0.29, 0.717) is 11.4 Å². The average Bonchev–Trinajstić information content (AvgIpc) is 2.41. The summed E-state index contributed by atoms with van der Waals surface area (Å²) in [6, 6.07) is 5.26. The zero-order chi connectivity index (χ0) is 13.1. The van der Waals surface area contributed by atoms with Gasteiger partial charge in [0.2, 0.25) is 0 Å². The first-order chi connectivity index (χ1) is 8.63. The standard InChI is InChI=1S/C12H11N3O3/c1-7-10(16)9(12(17)18-2)15-11(14-7)8-5-3-4-6-13-8/h3-6,16H,1-2H3. The molecule has 92 valence electrons. The molecule has 6 nitrogen and oxygen atoms in total. The number of nitrogens with zero attached hydrogens (tertiary/aromatic N) is 3. The number of aromatic hydroxyl groups is 1. The van der Waals surface area contributed by atoms with Gasteiger partial charge in [0.05, 0.1) is 12.8 Å². The number of aromatic nitrogens is 3. The van der Waals surface area contributed by atoms with Crippen molar-refractivity contribution in [2.24, 2.45) is 0 Å². The van der Waals surface area contributed by atoms with Crippen LogP contribution in [0.15, 0.2) is 24.4 Å². The molecule has 6 heteroatoms. The van der Waals surface area contributed by atoms with Crippen molar-refractivity contribution in [1.29, 1.82) is 0 Å². The number of aryl methyl sites for hydroxylation is 1. The lowest BCUT2D eigenvalue weighted by atomic mass is 10.2. The molecule has 18 heavy (non-hydrogen) atoms. The number of pyridine rings is 1. The lowest BCUT2D eigenvalue weighted by molar-refractivity contribution is 0.0590. The number of esters is 1. The van der Waals surface area contributed by atoms with Crippen LogP contribution in [0.25, 0.3) is 11.5 Å². The van der Waals surface area contributed by atoms with Crippen molar-refractivity contribution in [3.63, 3.8) is 0 Å². The Labute approximate surface area is 103 Å². The van der Waals surface area contributed by atoms with Gasteiger partial charge in [0, 0.05) is 6.20 Å². The quantitative estimate of drug-likeness (QED) is 0.803. The van der Waals surface area contributed by atoms with Gasteiger partial charge in [-0.05, 0) is 19.1 Å². The highest BCUT2D eigenvalue weighted by Crippen LogP contribution is 2.22. The van der Waals surface area contributed by atoms with Gasteiger partial charge in [-0.3, -0.25) is 4.98 Å². The molecule has 0 aliphatic rings. The van der Waals surface area contributed by atoms with E-state index in [4.69, 9.17) is 0 Å². The highest BCUT2D eigenvalue weighted by molar-refractivity contribution is 5.90. The van der Waals surface area contributed by atoms with Crippen molar-refractivity contribution in [2.45, 2.75) is 6.92 Å². The first-order valence-electron chi connectivity index (χ1n) is 5.21. The summed E-state index contributed by atoms with van der Waals surface area (Å²) in [4.78, 5) is 23.6. The third-order valence-corrected chi connectivity index (χ3v) is 2.33. The van der Waals surface area contributed by atoms with Crippen LogP contribution >= 0.6 is 0 Å². The van der Waals surface area contributed by atoms with Gasteiger partial charge in [0.25, 0.3) is 0 Å². The van der Waals surface area contributed by atoms with Crippen LogP contribution in [0.2, 0.25) is 0 Å². The monoisotopic (exact) mass is 245 g/mol. The van der Waals surface area contributed by atoms with Gasteiger partial charge in [0.15, 0.2) is 17.3 Å². The van der Waals surface area contributed by atoms with Gasteiger partial charge in [0.1, 0.15) is 5.69 Å². The first-order valence-corrected chi connectivity index (χ1v) is 5.21. The fourth-order valence-corrected chi connectivity index (χ4v) is 1.42. The van der Waals surface area contributed by atoms with E-state index in [9.17, 15) is 9.90 Å². The molecule has 0 fully saturated rings. The molecule has 2 aromatic heterocycles. The van der Waals surface area contributed by atoms with Crippen LogP contribution in [0.5, 0.6) is 5.75 Å². The van der Waals surface area contributed by atoms with Gasteiger partial charge in [-0.15, -0.1) is 0 Å². The summed E-state index contributed by atoms with van der Waals surface area (Å²) in [7, 11) is 1.22. The molecule has 2 heterocycles. The fraction of sp³-hybridized carbons (Fsp3) is 0.167. The van der Waals surface area contributed by atoms with Gasteiger partial charge in [-0.2, -0.15) is 0 Å². The highest BCUT2D eigenvalue weighted by Gasteiger charge is 2.19. The first kappa shape index (κ1) is 12.0. The van der Waals surface area contributed by atoms with E-state index in [2.05, 4.69) is 19.7 Å². The Kier molecular flexibility index (Phi) is 3.18. The second-order valence-electron chi connectivity index (χ2n) is 3.54. The largest absolute Gasteiger partial charge is 0.504 e. The minimum absolute atomic E-state index is 0.161. The Morgan fingerprint density at radius 1 is 1.33 bits per heavy atom. The summed E-state index contributed by atoms with van der Waals surface area (Å²) in [6.45, 7) is 1.58. The number of rotatable bonds is 2. The predicted octanol–water partition coefficient (Wildman–Crippen LogP) is 1.34. The Balaban J connectivity index is 2.58. The van der Waals surface area contributed by atoms with E-state index < -0.39 is 5.97 Å². The van der Waals surface area contributed by atoms with Gasteiger partial charge in [-0.1, -0.05) is 6.07 Å². The van der Waals surface area contributed by atoms with Crippen LogP contribution in [0.3, 0.4) is 0 Å². The SMILES string of the molecule is COC(=O)c1nc(-c2ccccn2)nc(C)c1O. The summed E-state index contributed by atoms with van der Waals surface area (Å²) in [5.74, 6) is -0.719. The van der Waals surface area contributed by atoms with Crippen LogP contribution < -0.4 is 0 Å². The van der Waals surface area contributed by atoms with Crippen molar-refractivity contribution < 1.29 is 14.6 Å². The molecule has 0 amide bonds. The molecule has 0 unspecified atom stereocenters. The lowest BCUT2D eigenvalue weighted by Gasteiger charge is -2.06. The molecule has 0 atom stereocenters. The number of ether oxygens (including phenoxy) is 1. The predicted molar refractivity (Wildman–Crippen MR) is 63.0 cm³/mol. The third-order valence-electron chi connectivity index (χ3n) is 2.33. The van der Waals surface area contributed by atoms with Crippen molar-refractivity contribution in [3.8, 4) is 17.3 Å². The second-order valence-corrected chi connectivity index (χ2v) is 3.54. The molecule has 0 aliphatic heterocycles. The molecule has 1 N–H and O–H groups in total. The number of hydrogen-bond donors (Lipinski definition) is 1. The lowest BCUT2D eigenvalue weighted by Crippen LogP contribution is -2.08. The maximum atomic E-state index is 11.5. The number of hydrogen-bond acceptors (Lipinski definition) is 6. The molecule has 2 rings (SSSR count). The van der Waals surface area contributed by atoms with E-state index in [0.717, 1.165) is 0 Å². The van der Waals surface area contributed by atoms with Crippen molar-refractivity contribution in [2.75, 3.05) is 7.11 Å². The van der Waals surface area contributed by atoms with E-state index in [1.807, 2.05) is 0 Å². The Hall–Kier alpha value is -2.50. The van der Waals surface area contributed by atoms with Gasteiger partial charge >= 0.3 is 5.97 Å². The smallest absolute Gasteiger partial charge is 0.360 e. The van der Waals surface area contributed by atoms with Crippen LogP contribution in [-0.2, 0) is 4.74 Å². The molecule has 0 saturated heterocycles. The fourth-order valence-electron chi connectivity index (χ4n) is 1.42. The second kappa shape index (κ2) is 4.79. The van der Waals surface area contributed by atoms with Crippen LogP contribution in [-0.4, -0.2) is 33.1 Å². The van der Waals surface area contributed by atoms with E-state index in [1.54, 1.807) is 31.3 Å². The molecule has 0 aromatic carbocycles. The van der Waals surface area contributed by atoms with Crippen molar-refractivity contribution >= 4 is 5.97 Å². The van der Waals surface area contributed by atoms with Crippen LogP contribution in [0.1, 0.15) is 16.2 Å². The van der Waals surface area contributed by atoms with E-state index in [1.165, 1.54) is 7.11 Å². The van der Waals surface area contributed by atoms with Crippen molar-refractivity contribution in [3.05, 3.63) is 35.8 Å². The maximum Gasteiger partial charge on any atom is 0.360 e. The van der Waals surface area contributed by atoms with Crippen LogP contribution in [0.4, 0.5) is 0 Å². The molecular formula is C12H11N3O3. The number of methoxy groups -OCH3 is 1. The molecular weight excluding hydrogens is 234 g/mol. The molecule has 0 bridgehead atoms. The molecule has 0 aliphatic carbocycles. The summed E-state index contributed by atoms with van der Waals surface area (Å²) in [5, 5.41) is 9.72. The van der Waals surface area contributed by atoms with Crippen LogP contribution in [0, 0.1) is 6.92 Å². The van der Waals surface area contributed by atoms with Crippen molar-refractivity contribution in [1.82, 2.24) is 15.0 Å². The normalized spacial score (nSPS) is 10.1. The molecule has 0 radical (unpaired) electrons. The summed E-state index contributed by atoms with van der Waals surface area (Å²) >= 11 is 0. The zero-order valence-corrected chi connectivity index (χ0v) is 9.91. The molecule has 0 saturated carbocycles. The average molecular weight is 245 g/mol. The Bertz CT molecular complexity index is 585. The summed E-state index contributed by atoms with van der Waals surface area (Å²) < 4.78 is 4.55. The minimum atomic E-state index is -0.713. The highest BCUT2D eigenvalue weighted by atomic mass is 16.5. The Morgan fingerprint density at radius 3 is 2.72 bits per heavy atom. The topological polar surface area (TPSA) is 85.2 Å². The summed E-state index contributed by atoms with van der Waals surface area (Å²) in [6.07, 6.45) is 1.60. The third kappa shape index (κ3) is 2.13. The number of carbonyl (C=O) groups excluding carboxylic acids is 1. The van der Waals surface area contributed by atoms with E-state index in [-0.39, 0.29) is 17.3 Å². The molecule has 0 spiro atoms. The van der Waals surface area contributed by atoms with Gasteiger partial charge in [-0.25, -0.2) is 14.8 Å². The number of carbonyl (C=O) groups is 1. The Morgan fingerprint density at radius 2 is 2.11 bits per heavy atom. The zero-order valence-electron chi connectivity index (χ0n) is 9.91. The molecule has 2 aromatic rings. The minimum Gasteiger partial charge on any atom is -0.504 e. The van der Waals surface area contributed by atoms with Gasteiger partial charge < -0.3 is 9.84 Å². The summed E-state index contributed by atoms with van der Waals surface area (Å²) in [5.41, 5.74) is 0.655.